The summed E-state index contributed by atoms with van der Waals surface area (Å²) in [4.78, 5) is 12.6. The normalized spacial score (nSPS) is 10.9. The summed E-state index contributed by atoms with van der Waals surface area (Å²) < 4.78 is 25.3. The van der Waals surface area contributed by atoms with Crippen LogP contribution in [-0.2, 0) is 17.8 Å². The Morgan fingerprint density at radius 1 is 1.03 bits per heavy atom. The fourth-order valence-corrected chi connectivity index (χ4v) is 3.11. The predicted molar refractivity (Wildman–Crippen MR) is 126 cm³/mol. The monoisotopic (exact) mass is 444 g/mol. The molecular formula is C27H25FN2O3. The molecule has 0 aliphatic rings. The summed E-state index contributed by atoms with van der Waals surface area (Å²) in [6.07, 6.45) is 2.39. The Hall–Kier alpha value is -4.11. The van der Waals surface area contributed by atoms with E-state index in [-0.39, 0.29) is 18.0 Å². The Kier molecular flexibility index (Phi) is 8.20. The number of nitriles is 1. The first kappa shape index (κ1) is 23.6. The second kappa shape index (κ2) is 11.5. The molecule has 0 heterocycles. The van der Waals surface area contributed by atoms with Crippen molar-refractivity contribution in [2.24, 2.45) is 0 Å². The fourth-order valence-electron chi connectivity index (χ4n) is 3.11. The Morgan fingerprint density at radius 3 is 2.45 bits per heavy atom. The molecule has 3 aromatic rings. The van der Waals surface area contributed by atoms with E-state index in [1.54, 1.807) is 48.5 Å². The van der Waals surface area contributed by atoms with Crippen LogP contribution in [0.2, 0.25) is 0 Å². The second-order valence-electron chi connectivity index (χ2n) is 7.19. The Balaban J connectivity index is 1.77. The first-order valence-electron chi connectivity index (χ1n) is 10.7. The topological polar surface area (TPSA) is 71.3 Å². The minimum atomic E-state index is -0.500. The zero-order valence-electron chi connectivity index (χ0n) is 18.6. The minimum Gasteiger partial charge on any atom is -0.490 e. The number of ether oxygens (including phenoxy) is 2. The maximum atomic E-state index is 13.9. The molecule has 0 aliphatic heterocycles. The summed E-state index contributed by atoms with van der Waals surface area (Å²) >= 11 is 0. The van der Waals surface area contributed by atoms with Gasteiger partial charge in [-0.25, -0.2) is 4.39 Å². The maximum absolute atomic E-state index is 13.9. The summed E-state index contributed by atoms with van der Waals surface area (Å²) in [5.74, 6) is 0.0373. The lowest BCUT2D eigenvalue weighted by Gasteiger charge is -2.13. The van der Waals surface area contributed by atoms with Gasteiger partial charge in [-0.3, -0.25) is 4.79 Å². The number of nitrogens with zero attached hydrogens (tertiary/aromatic N) is 1. The average molecular weight is 445 g/mol. The second-order valence-corrected chi connectivity index (χ2v) is 7.19. The molecule has 1 N–H and O–H groups in total. The van der Waals surface area contributed by atoms with E-state index in [9.17, 15) is 14.4 Å². The van der Waals surface area contributed by atoms with Crippen LogP contribution in [0.3, 0.4) is 0 Å². The van der Waals surface area contributed by atoms with Crippen molar-refractivity contribution in [3.63, 3.8) is 0 Å². The molecule has 0 aromatic heterocycles. The Morgan fingerprint density at radius 2 is 1.79 bits per heavy atom. The summed E-state index contributed by atoms with van der Waals surface area (Å²) in [6.45, 7) is 4.32. The number of amides is 1. The fraction of sp³-hybridized carbons (Fsp3) is 0.185. The van der Waals surface area contributed by atoms with Gasteiger partial charge in [0.05, 0.1) is 6.61 Å². The van der Waals surface area contributed by atoms with Crippen LogP contribution < -0.4 is 14.8 Å². The van der Waals surface area contributed by atoms with Crippen molar-refractivity contribution in [2.45, 2.75) is 26.9 Å². The largest absolute Gasteiger partial charge is 0.490 e. The molecule has 3 rings (SSSR count). The molecule has 1 amide bonds. The molecule has 33 heavy (non-hydrogen) atoms. The highest BCUT2D eigenvalue weighted by Crippen LogP contribution is 2.30. The van der Waals surface area contributed by atoms with E-state index in [0.29, 0.717) is 34.9 Å². The number of aryl methyl sites for hydroxylation is 1. The van der Waals surface area contributed by atoms with Crippen molar-refractivity contribution in [1.82, 2.24) is 0 Å². The highest BCUT2D eigenvalue weighted by Gasteiger charge is 2.12. The van der Waals surface area contributed by atoms with E-state index < -0.39 is 5.91 Å². The summed E-state index contributed by atoms with van der Waals surface area (Å²) in [5.41, 5.74) is 2.76. The number of anilines is 1. The standard InChI is InChI=1S/C27H25FN2O3/c1-3-19-9-12-23(13-10-19)30-27(31)22(17-29)15-20-11-14-25(26(16-20)32-4-2)33-18-21-7-5-6-8-24(21)28/h5-16H,3-4,18H2,1-2H3,(H,30,31)/b22-15+. The van der Waals surface area contributed by atoms with Crippen LogP contribution in [0.4, 0.5) is 10.1 Å². The third-order valence-corrected chi connectivity index (χ3v) is 4.90. The van der Waals surface area contributed by atoms with Gasteiger partial charge in [0.25, 0.3) is 5.91 Å². The van der Waals surface area contributed by atoms with Crippen molar-refractivity contribution in [3.8, 4) is 17.6 Å². The van der Waals surface area contributed by atoms with Gasteiger partial charge < -0.3 is 14.8 Å². The number of carbonyl (C=O) groups excluding carboxylic acids is 1. The molecule has 3 aromatic carbocycles. The first-order chi connectivity index (χ1) is 16.0. The van der Waals surface area contributed by atoms with Crippen molar-refractivity contribution in [3.05, 3.63) is 94.8 Å². The number of rotatable bonds is 9. The Labute approximate surface area is 193 Å². The summed E-state index contributed by atoms with van der Waals surface area (Å²) in [6, 6.07) is 20.9. The quantitative estimate of drug-likeness (QED) is 0.329. The van der Waals surface area contributed by atoms with Crippen LogP contribution >= 0.6 is 0 Å². The van der Waals surface area contributed by atoms with Crippen molar-refractivity contribution >= 4 is 17.7 Å². The van der Waals surface area contributed by atoms with Crippen LogP contribution in [0.25, 0.3) is 6.08 Å². The molecule has 6 heteroatoms. The van der Waals surface area contributed by atoms with Crippen LogP contribution in [0.5, 0.6) is 11.5 Å². The zero-order chi connectivity index (χ0) is 23.6. The van der Waals surface area contributed by atoms with E-state index in [0.717, 1.165) is 12.0 Å². The van der Waals surface area contributed by atoms with Gasteiger partial charge in [0.15, 0.2) is 11.5 Å². The third kappa shape index (κ3) is 6.44. The lowest BCUT2D eigenvalue weighted by atomic mass is 10.1. The number of nitrogens with one attached hydrogen (secondary N) is 1. The highest BCUT2D eigenvalue weighted by atomic mass is 19.1. The zero-order valence-corrected chi connectivity index (χ0v) is 18.6. The lowest BCUT2D eigenvalue weighted by molar-refractivity contribution is -0.112. The summed E-state index contributed by atoms with van der Waals surface area (Å²) in [7, 11) is 0. The van der Waals surface area contributed by atoms with Crippen molar-refractivity contribution in [1.29, 1.82) is 5.26 Å². The Bertz CT molecular complexity index is 1180. The van der Waals surface area contributed by atoms with Gasteiger partial charge in [-0.1, -0.05) is 43.3 Å². The number of hydrogen-bond acceptors (Lipinski definition) is 4. The molecule has 168 valence electrons. The van der Waals surface area contributed by atoms with Gasteiger partial charge >= 0.3 is 0 Å². The molecule has 5 nitrogen and oxygen atoms in total. The van der Waals surface area contributed by atoms with Gasteiger partial charge in [0.1, 0.15) is 24.1 Å². The van der Waals surface area contributed by atoms with Crippen LogP contribution in [-0.4, -0.2) is 12.5 Å². The molecule has 0 bridgehead atoms. The van der Waals surface area contributed by atoms with Gasteiger partial charge in [-0.2, -0.15) is 5.26 Å². The molecule has 0 saturated heterocycles. The SMILES string of the molecule is CCOc1cc(/C=C(\C#N)C(=O)Nc2ccc(CC)cc2)ccc1OCc1ccccc1F. The molecule has 0 fully saturated rings. The first-order valence-corrected chi connectivity index (χ1v) is 10.7. The highest BCUT2D eigenvalue weighted by molar-refractivity contribution is 6.09. The molecular weight excluding hydrogens is 419 g/mol. The van der Waals surface area contributed by atoms with Gasteiger partial charge in [-0.15, -0.1) is 0 Å². The minimum absolute atomic E-state index is 0.0444. The van der Waals surface area contributed by atoms with Gasteiger partial charge in [0.2, 0.25) is 0 Å². The number of carbonyl (C=O) groups is 1. The average Bonchev–Trinajstić information content (AvgIpc) is 2.83. The molecule has 0 atom stereocenters. The predicted octanol–water partition coefficient (Wildman–Crippen LogP) is 5.91. The number of benzene rings is 3. The maximum Gasteiger partial charge on any atom is 0.266 e. The number of halogens is 1. The molecule has 0 aliphatic carbocycles. The van der Waals surface area contributed by atoms with E-state index in [1.807, 2.05) is 25.1 Å². The third-order valence-electron chi connectivity index (χ3n) is 4.90. The van der Waals surface area contributed by atoms with Crippen LogP contribution in [0.1, 0.15) is 30.5 Å². The van der Waals surface area contributed by atoms with E-state index >= 15 is 0 Å². The van der Waals surface area contributed by atoms with E-state index in [4.69, 9.17) is 9.47 Å². The summed E-state index contributed by atoms with van der Waals surface area (Å²) in [5, 5.41) is 12.2. The lowest BCUT2D eigenvalue weighted by Crippen LogP contribution is -2.13. The molecule has 0 radical (unpaired) electrons. The van der Waals surface area contributed by atoms with Crippen LogP contribution in [0.15, 0.2) is 72.3 Å². The van der Waals surface area contributed by atoms with Gasteiger partial charge in [0, 0.05) is 11.3 Å². The van der Waals surface area contributed by atoms with Crippen molar-refractivity contribution < 1.29 is 18.7 Å². The molecule has 0 unspecified atom stereocenters. The van der Waals surface area contributed by atoms with Crippen LogP contribution in [0, 0.1) is 17.1 Å². The molecule has 0 spiro atoms. The van der Waals surface area contributed by atoms with E-state index in [2.05, 4.69) is 12.2 Å². The smallest absolute Gasteiger partial charge is 0.266 e. The van der Waals surface area contributed by atoms with Crippen molar-refractivity contribution in [2.75, 3.05) is 11.9 Å². The van der Waals surface area contributed by atoms with Gasteiger partial charge in [-0.05, 0) is 60.9 Å². The number of hydrogen-bond donors (Lipinski definition) is 1. The van der Waals surface area contributed by atoms with E-state index in [1.165, 1.54) is 12.1 Å². The molecule has 0 saturated carbocycles.